The van der Waals surface area contributed by atoms with E-state index in [9.17, 15) is 82.8 Å². The van der Waals surface area contributed by atoms with E-state index in [0.717, 1.165) is 91.1 Å². The van der Waals surface area contributed by atoms with Gasteiger partial charge in [-0.05, 0) is 274 Å². The van der Waals surface area contributed by atoms with E-state index >= 15 is 0 Å². The lowest BCUT2D eigenvalue weighted by molar-refractivity contribution is -0.387. The number of anilines is 10. The largest absolute Gasteiger partial charge is 0.478 e. The second kappa shape index (κ2) is 52.7. The number of hydrogen-bond donors (Lipinski definition) is 7. The van der Waals surface area contributed by atoms with E-state index in [1.54, 1.807) is 105 Å². The number of rotatable bonds is 20. The zero-order valence-electron chi connectivity index (χ0n) is 80.0. The first-order valence-electron chi connectivity index (χ1n) is 44.3. The van der Waals surface area contributed by atoms with Crippen LogP contribution in [0.25, 0.3) is 0 Å². The fraction of sp³-hybridized carbons (Fsp3) is 0.305. The Hall–Kier alpha value is -15.8. The highest BCUT2D eigenvalue weighted by atomic mass is 19.1. The minimum Gasteiger partial charge on any atom is -0.478 e. The summed E-state index contributed by atoms with van der Waals surface area (Å²) in [4.78, 5) is 121. The summed E-state index contributed by atoms with van der Waals surface area (Å²) in [5, 5.41) is 63.9. The van der Waals surface area contributed by atoms with Gasteiger partial charge in [0.05, 0.1) is 64.4 Å². The maximum absolute atomic E-state index is 13.2. The van der Waals surface area contributed by atoms with Crippen molar-refractivity contribution in [2.24, 2.45) is 5.92 Å². The molecule has 0 spiro atoms. The summed E-state index contributed by atoms with van der Waals surface area (Å²) >= 11 is 0. The van der Waals surface area contributed by atoms with Crippen LogP contribution < -0.4 is 32.7 Å². The van der Waals surface area contributed by atoms with Crippen LogP contribution in [0.3, 0.4) is 0 Å². The first-order valence-corrected chi connectivity index (χ1v) is 44.3. The summed E-state index contributed by atoms with van der Waals surface area (Å²) in [6.45, 7) is 26.8. The Labute approximate surface area is 802 Å². The fourth-order valence-corrected chi connectivity index (χ4v) is 12.7. The number of nitro groups is 4. The summed E-state index contributed by atoms with van der Waals surface area (Å²) in [5.74, 6) is -4.73. The molecule has 0 saturated heterocycles. The number of nitrogens with two attached hydrogens (primary N) is 2. The van der Waals surface area contributed by atoms with E-state index in [1.807, 2.05) is 181 Å². The number of ketones is 1. The molecule has 0 amide bonds. The molecular weight excluding hydrogens is 1780 g/mol. The van der Waals surface area contributed by atoms with Crippen molar-refractivity contribution in [3.8, 4) is 0 Å². The molecule has 13 rings (SSSR count). The third-order valence-electron chi connectivity index (χ3n) is 18.9. The summed E-state index contributed by atoms with van der Waals surface area (Å²) in [5.41, 5.74) is 16.1. The van der Waals surface area contributed by atoms with E-state index in [1.165, 1.54) is 80.5 Å². The molecule has 2 aliphatic carbocycles. The molecule has 0 aromatic heterocycles. The average molecular weight is 1900 g/mol. The predicted molar refractivity (Wildman–Crippen MR) is 533 cm³/mol. The van der Waals surface area contributed by atoms with Crippen molar-refractivity contribution in [3.05, 3.63) is 352 Å². The number of nitrogens with one attached hydrogen (secondary N) is 4. The normalized spacial score (nSPS) is 12.2. The summed E-state index contributed by atoms with van der Waals surface area (Å²) in [6, 6.07) is 71.9. The number of carboxylic acids is 1. The lowest BCUT2D eigenvalue weighted by atomic mass is 9.84. The van der Waals surface area contributed by atoms with Gasteiger partial charge in [-0.25, -0.2) is 28.8 Å². The van der Waals surface area contributed by atoms with Crippen LogP contribution in [-0.2, 0) is 34.9 Å². The number of benzene rings is 11. The van der Waals surface area contributed by atoms with Crippen LogP contribution in [0.2, 0.25) is 0 Å². The molecule has 0 radical (unpaired) electrons. The third-order valence-corrected chi connectivity index (χ3v) is 18.9. The molecule has 9 N–H and O–H groups in total. The molecule has 31 nitrogen and oxygen atoms in total. The maximum Gasteiger partial charge on any atom is 0.338 e. The second-order valence-electron chi connectivity index (χ2n) is 36.5. The van der Waals surface area contributed by atoms with Gasteiger partial charge in [-0.3, -0.25) is 45.3 Å². The summed E-state index contributed by atoms with van der Waals surface area (Å²) < 4.78 is 52.5. The quantitative estimate of drug-likeness (QED) is 0.0122. The molecule has 33 heteroatoms. The zero-order valence-corrected chi connectivity index (χ0v) is 80.0. The molecule has 2 saturated carbocycles. The van der Waals surface area contributed by atoms with Crippen LogP contribution in [0.4, 0.5) is 88.4 Å². The molecule has 0 aliphatic heterocycles. The van der Waals surface area contributed by atoms with E-state index in [-0.39, 0.29) is 58.4 Å². The topological polar surface area (TPSA) is 459 Å². The summed E-state index contributed by atoms with van der Waals surface area (Å²) in [7, 11) is 0. The standard InChI is InChI=1S/C24H31NO2.2C17H18N2O4.C17H20N2O2.C11H12FNO4.C7H4FNO4.C6H7N.C6H10O.H2/c1-24(2,3)27-23(26)20-15-14-19(16-18-10-6-4-7-11-18)22(17-20)25-21-12-8-5-9-13-21;2*1-17(2,3)23-16(20)12-9-10-15(19(21)22)14(11-12)18-13-7-5-4-6-8-13;1-17(2,3)21-16(20)12-9-10-14(18)15(11-12)19-13-7-5-4-6-8-13;1-11(2,3)17-10(14)7-4-5-9(13(15)16)8(12)6-7;8-5-3-4(7(10)11)1-2-6(5)9(12)13;2*7-6-4-2-1-3-5-6;/h5,8-9,12-15,17-18,25H,4,6-7,10-11,16H2,1-3H3;2*4-11,18H,1-3H3;4-11,19H,18H2,1-3H3;4-6H,1-3H3;1-3H,(H,10,11);1-5H,7H2;1-5H2;1H. The highest BCUT2D eigenvalue weighted by molar-refractivity contribution is 5.95. The van der Waals surface area contributed by atoms with Gasteiger partial charge in [0.25, 0.3) is 11.4 Å². The van der Waals surface area contributed by atoms with Crippen LogP contribution in [0.15, 0.2) is 261 Å². The van der Waals surface area contributed by atoms with Crippen LogP contribution in [0, 0.1) is 58.0 Å². The number of carbonyl (C=O) groups is 7. The van der Waals surface area contributed by atoms with E-state index in [2.05, 4.69) is 27.3 Å². The number of nitrogen functional groups attached to an aromatic ring is 2. The number of nitrogens with zero attached hydrogens (tertiary/aromatic N) is 4. The molecule has 11 aromatic carbocycles. The smallest absolute Gasteiger partial charge is 0.338 e. The van der Waals surface area contributed by atoms with E-state index < -0.39 is 94.6 Å². The zero-order chi connectivity index (χ0) is 102. The van der Waals surface area contributed by atoms with Crippen molar-refractivity contribution in [2.75, 3.05) is 32.7 Å². The number of hydrogen-bond acceptors (Lipinski definition) is 26. The molecule has 732 valence electrons. The number of Topliss-reactive ketones (excluding diaryl/α,β-unsaturated/α-hetero) is 1. The summed E-state index contributed by atoms with van der Waals surface area (Å²) in [6.07, 6.45) is 12.9. The lowest BCUT2D eigenvalue weighted by Gasteiger charge is -2.24. The molecule has 138 heavy (non-hydrogen) atoms. The maximum atomic E-state index is 13.2. The van der Waals surface area contributed by atoms with Gasteiger partial charge < -0.3 is 61.5 Å². The second-order valence-corrected chi connectivity index (χ2v) is 36.5. The lowest BCUT2D eigenvalue weighted by Crippen LogP contribution is -2.24. The number of carbonyl (C=O) groups excluding carboxylic acids is 6. The first-order chi connectivity index (χ1) is 64.8. The predicted octanol–water partition coefficient (Wildman–Crippen LogP) is 26.2. The molecular formula is C105H122F2N10O21. The van der Waals surface area contributed by atoms with Gasteiger partial charge in [0.1, 0.15) is 45.2 Å². The molecule has 0 atom stereocenters. The monoisotopic (exact) mass is 1900 g/mol. The number of ether oxygens (including phenoxy) is 5. The van der Waals surface area contributed by atoms with Gasteiger partial charge in [-0.2, -0.15) is 8.78 Å². The minimum atomic E-state index is -1.33. The van der Waals surface area contributed by atoms with E-state index in [4.69, 9.17) is 40.3 Å². The van der Waals surface area contributed by atoms with Crippen molar-refractivity contribution in [1.82, 2.24) is 0 Å². The number of carboxylic acid groups (broad SMARTS) is 1. The Morgan fingerprint density at radius 3 is 0.899 bits per heavy atom. The number of para-hydroxylation sites is 5. The van der Waals surface area contributed by atoms with Crippen molar-refractivity contribution in [3.63, 3.8) is 0 Å². The van der Waals surface area contributed by atoms with Gasteiger partial charge >= 0.3 is 47.2 Å². The first kappa shape index (κ1) is 111. The van der Waals surface area contributed by atoms with Gasteiger partial charge in [-0.1, -0.05) is 136 Å². The van der Waals surface area contributed by atoms with Gasteiger partial charge in [0.15, 0.2) is 0 Å². The van der Waals surface area contributed by atoms with Crippen LogP contribution in [-0.4, -0.2) is 94.4 Å². The van der Waals surface area contributed by atoms with Crippen LogP contribution in [0.1, 0.15) is 237 Å². The fourth-order valence-electron chi connectivity index (χ4n) is 12.7. The van der Waals surface area contributed by atoms with Gasteiger partial charge in [-0.15, -0.1) is 0 Å². The van der Waals surface area contributed by atoms with Crippen molar-refractivity contribution < 1.29 is 92.3 Å². The van der Waals surface area contributed by atoms with Gasteiger partial charge in [0.2, 0.25) is 11.6 Å². The Morgan fingerprint density at radius 1 is 0.348 bits per heavy atom. The molecule has 11 aromatic rings. The molecule has 0 bridgehead atoms. The van der Waals surface area contributed by atoms with Crippen molar-refractivity contribution in [2.45, 2.75) is 202 Å². The average Bonchev–Trinajstić information content (AvgIpc) is 0.819. The van der Waals surface area contributed by atoms with Gasteiger partial charge in [0, 0.05) is 72.7 Å². The Kier molecular flexibility index (Phi) is 42.4. The Bertz CT molecular complexity index is 5810. The van der Waals surface area contributed by atoms with Crippen LogP contribution >= 0.6 is 0 Å². The number of esters is 5. The van der Waals surface area contributed by atoms with Crippen molar-refractivity contribution >= 4 is 121 Å². The SMILES string of the molecule is CC(C)(C)OC(=O)c1ccc(CC2CCCCC2)c(Nc2ccccc2)c1.CC(C)(C)OC(=O)c1ccc(N)c(Nc2ccccc2)c1.CC(C)(C)OC(=O)c1ccc([N+](=O)[O-])c(F)c1.CC(C)(C)OC(=O)c1ccc([N+](=O)[O-])c(Nc2ccccc2)c1.CC(C)(C)OC(=O)c1ccc([N+](=O)[O-])c(Nc2ccccc2)c1.Nc1ccccc1.O=C(O)c1ccc([N+](=O)[O-])c(F)c1.O=C1CCCCC1.[HH]. The Balaban J connectivity index is 0.000000288. The molecule has 0 unspecified atom stereocenters. The highest BCUT2D eigenvalue weighted by Crippen LogP contribution is 2.36. The molecule has 2 aliphatic rings. The highest BCUT2D eigenvalue weighted by Gasteiger charge is 2.28. The number of halogens is 2. The van der Waals surface area contributed by atoms with Crippen LogP contribution in [0.5, 0.6) is 0 Å². The Morgan fingerprint density at radius 2 is 0.609 bits per heavy atom. The molecule has 2 fully saturated rings. The number of aromatic carboxylic acids is 1. The molecule has 0 heterocycles. The number of nitro benzene ring substituents is 4. The van der Waals surface area contributed by atoms with E-state index in [0.29, 0.717) is 45.7 Å². The third kappa shape index (κ3) is 41.3. The van der Waals surface area contributed by atoms with Crippen molar-refractivity contribution in [1.29, 1.82) is 0 Å². The minimum absolute atomic E-state index is 0.